The van der Waals surface area contributed by atoms with Gasteiger partial charge in [0.1, 0.15) is 17.1 Å². The average Bonchev–Trinajstić information content (AvgIpc) is 3.02. The second kappa shape index (κ2) is 7.09. The van der Waals surface area contributed by atoms with Crippen molar-refractivity contribution in [2.24, 2.45) is 16.7 Å². The summed E-state index contributed by atoms with van der Waals surface area (Å²) in [5, 5.41) is 34.3. The Morgan fingerprint density at radius 2 is 1.93 bits per heavy atom. The van der Waals surface area contributed by atoms with Gasteiger partial charge in [0.2, 0.25) is 0 Å². The van der Waals surface area contributed by atoms with E-state index in [2.05, 4.69) is 26.1 Å². The van der Waals surface area contributed by atoms with Crippen LogP contribution in [0, 0.1) is 16.7 Å². The van der Waals surface area contributed by atoms with E-state index in [0.29, 0.717) is 27.8 Å². The predicted molar refractivity (Wildman–Crippen MR) is 117 cm³/mol. The van der Waals surface area contributed by atoms with Crippen LogP contribution in [0.25, 0.3) is 0 Å². The molecule has 0 amide bonds. The van der Waals surface area contributed by atoms with Crippen LogP contribution < -0.4 is 5.32 Å². The molecule has 0 saturated heterocycles. The number of hydrogen-bond donors (Lipinski definition) is 4. The van der Waals surface area contributed by atoms with Crippen LogP contribution in [0.4, 0.5) is 5.69 Å². The summed E-state index contributed by atoms with van der Waals surface area (Å²) in [7, 11) is 0. The fraction of sp³-hybridized carbons (Fsp3) is 0.458. The van der Waals surface area contributed by atoms with Gasteiger partial charge in [-0.25, -0.2) is 4.79 Å². The number of carboxylic acid groups (broad SMARTS) is 1. The number of hydrogen-bond acceptors (Lipinski definition) is 4. The van der Waals surface area contributed by atoms with Crippen LogP contribution in [0.5, 0.6) is 11.5 Å². The number of benzene rings is 2. The Balaban J connectivity index is 1.71. The van der Waals surface area contributed by atoms with Crippen molar-refractivity contribution in [3.63, 3.8) is 0 Å². The van der Waals surface area contributed by atoms with Gasteiger partial charge in [-0.05, 0) is 72.3 Å². The summed E-state index contributed by atoms with van der Waals surface area (Å²) < 4.78 is 0. The molecule has 160 valence electrons. The van der Waals surface area contributed by atoms with Crippen LogP contribution in [-0.2, 0) is 6.54 Å². The van der Waals surface area contributed by atoms with E-state index in [1.807, 2.05) is 6.07 Å². The fourth-order valence-corrected chi connectivity index (χ4v) is 5.95. The molecule has 2 fully saturated rings. The largest absolute Gasteiger partial charge is 0.508 e. The van der Waals surface area contributed by atoms with Gasteiger partial charge in [0.15, 0.2) is 0 Å². The smallest absolute Gasteiger partial charge is 0.339 e. The van der Waals surface area contributed by atoms with E-state index in [4.69, 9.17) is 11.6 Å². The summed E-state index contributed by atoms with van der Waals surface area (Å²) in [4.78, 5) is 11.8. The minimum atomic E-state index is -1.16. The number of anilines is 1. The second-order valence-electron chi connectivity index (χ2n) is 9.56. The molecule has 3 atom stereocenters. The van der Waals surface area contributed by atoms with Crippen molar-refractivity contribution >= 4 is 23.3 Å². The Labute approximate surface area is 181 Å². The highest BCUT2D eigenvalue weighted by molar-refractivity contribution is 6.30. The maximum atomic E-state index is 11.8. The van der Waals surface area contributed by atoms with Crippen LogP contribution >= 0.6 is 11.6 Å². The summed E-state index contributed by atoms with van der Waals surface area (Å²) in [5.74, 6) is -0.499. The van der Waals surface area contributed by atoms with E-state index in [1.165, 1.54) is 18.6 Å². The van der Waals surface area contributed by atoms with Gasteiger partial charge in [-0.3, -0.25) is 0 Å². The lowest BCUT2D eigenvalue weighted by Gasteiger charge is -2.40. The SMILES string of the molecule is CC1(C)C2CCC1(C)C(c1cc(NCc3cc(Cl)ccc3O)cc(C(=O)O)c1O)C2. The molecule has 0 radical (unpaired) electrons. The number of aromatic carboxylic acids is 1. The monoisotopic (exact) mass is 429 g/mol. The molecular formula is C24H28ClNO4. The molecule has 2 aliphatic rings. The van der Waals surface area contributed by atoms with Crippen molar-refractivity contribution in [3.8, 4) is 11.5 Å². The maximum Gasteiger partial charge on any atom is 0.339 e. The van der Waals surface area contributed by atoms with Crippen LogP contribution in [0.2, 0.25) is 5.02 Å². The third kappa shape index (κ3) is 3.11. The van der Waals surface area contributed by atoms with Crippen LogP contribution in [-0.4, -0.2) is 21.3 Å². The van der Waals surface area contributed by atoms with Gasteiger partial charge < -0.3 is 20.6 Å². The highest BCUT2D eigenvalue weighted by Gasteiger charge is 2.61. The van der Waals surface area contributed by atoms with Crippen molar-refractivity contribution in [2.75, 3.05) is 5.32 Å². The first-order chi connectivity index (χ1) is 14.0. The third-order valence-corrected chi connectivity index (χ3v) is 8.30. The maximum absolute atomic E-state index is 11.8. The van der Waals surface area contributed by atoms with E-state index in [9.17, 15) is 20.1 Å². The van der Waals surface area contributed by atoms with Crippen LogP contribution in [0.1, 0.15) is 67.4 Å². The lowest BCUT2D eigenvalue weighted by molar-refractivity contribution is 0.0693. The molecule has 0 aromatic heterocycles. The Morgan fingerprint density at radius 1 is 1.20 bits per heavy atom. The molecule has 30 heavy (non-hydrogen) atoms. The van der Waals surface area contributed by atoms with E-state index < -0.39 is 5.97 Å². The molecule has 2 bridgehead atoms. The molecule has 5 nitrogen and oxygen atoms in total. The third-order valence-electron chi connectivity index (χ3n) is 8.06. The quantitative estimate of drug-likeness (QED) is 0.438. The first-order valence-corrected chi connectivity index (χ1v) is 10.7. The fourth-order valence-electron chi connectivity index (χ4n) is 5.75. The van der Waals surface area contributed by atoms with Crippen molar-refractivity contribution in [1.29, 1.82) is 0 Å². The molecule has 2 aliphatic carbocycles. The topological polar surface area (TPSA) is 89.8 Å². The number of fused-ring (bicyclic) bond motifs is 2. The molecule has 6 heteroatoms. The summed E-state index contributed by atoms with van der Waals surface area (Å²) in [6.45, 7) is 7.15. The van der Waals surface area contributed by atoms with Gasteiger partial charge in [-0.15, -0.1) is 0 Å². The summed E-state index contributed by atoms with van der Waals surface area (Å²) in [6.07, 6.45) is 3.21. The van der Waals surface area contributed by atoms with E-state index in [1.54, 1.807) is 12.1 Å². The van der Waals surface area contributed by atoms with Crippen molar-refractivity contribution in [2.45, 2.75) is 52.5 Å². The Kier molecular flexibility index (Phi) is 4.93. The average molecular weight is 430 g/mol. The highest BCUT2D eigenvalue weighted by Crippen LogP contribution is 2.71. The minimum absolute atomic E-state index is 0.00870. The highest BCUT2D eigenvalue weighted by atomic mass is 35.5. The molecule has 0 aliphatic heterocycles. The first kappa shape index (κ1) is 20.9. The Hall–Kier alpha value is -2.40. The van der Waals surface area contributed by atoms with Gasteiger partial charge in [-0.1, -0.05) is 32.4 Å². The number of halogens is 1. The number of aromatic hydroxyl groups is 2. The zero-order chi connectivity index (χ0) is 21.8. The minimum Gasteiger partial charge on any atom is -0.508 e. The standard InChI is InChI=1S/C24H28ClNO4/c1-23(2)14-6-7-24(23,3)19(9-14)17-10-16(11-18(21(17)28)22(29)30)26-12-13-8-15(25)4-5-20(13)27/h4-5,8,10-11,14,19,26-28H,6-7,9,12H2,1-3H3,(H,29,30). The zero-order valence-corrected chi connectivity index (χ0v) is 18.3. The van der Waals surface area contributed by atoms with Gasteiger partial charge in [0, 0.05) is 28.4 Å². The van der Waals surface area contributed by atoms with E-state index >= 15 is 0 Å². The van der Waals surface area contributed by atoms with Crippen LogP contribution in [0.3, 0.4) is 0 Å². The molecule has 2 aromatic carbocycles. The van der Waals surface area contributed by atoms with Gasteiger partial charge in [0.25, 0.3) is 0 Å². The molecule has 0 heterocycles. The summed E-state index contributed by atoms with van der Waals surface area (Å²) in [6, 6.07) is 8.13. The lowest BCUT2D eigenvalue weighted by Crippen LogP contribution is -2.31. The van der Waals surface area contributed by atoms with Gasteiger partial charge in [0.05, 0.1) is 0 Å². The predicted octanol–water partition coefficient (Wildman–Crippen LogP) is 5.99. The number of nitrogens with one attached hydrogen (secondary N) is 1. The lowest BCUT2D eigenvalue weighted by atomic mass is 9.65. The van der Waals surface area contributed by atoms with E-state index in [0.717, 1.165) is 12.8 Å². The number of phenols is 2. The number of phenolic OH excluding ortho intramolecular Hbond substituents is 1. The van der Waals surface area contributed by atoms with Crippen molar-refractivity contribution < 1.29 is 20.1 Å². The summed E-state index contributed by atoms with van der Waals surface area (Å²) in [5.41, 5.74) is 1.96. The van der Waals surface area contributed by atoms with Crippen LogP contribution in [0.15, 0.2) is 30.3 Å². The van der Waals surface area contributed by atoms with Gasteiger partial charge in [-0.2, -0.15) is 0 Å². The summed E-state index contributed by atoms with van der Waals surface area (Å²) >= 11 is 6.03. The van der Waals surface area contributed by atoms with Crippen molar-refractivity contribution in [1.82, 2.24) is 0 Å². The first-order valence-electron chi connectivity index (χ1n) is 10.4. The molecule has 2 saturated carbocycles. The number of carbonyl (C=O) groups is 1. The van der Waals surface area contributed by atoms with Gasteiger partial charge >= 0.3 is 5.97 Å². The normalized spacial score (nSPS) is 26.7. The molecule has 2 aromatic rings. The van der Waals surface area contributed by atoms with E-state index in [-0.39, 0.29) is 40.4 Å². The zero-order valence-electron chi connectivity index (χ0n) is 17.5. The molecule has 4 N–H and O–H groups in total. The number of carboxylic acids is 1. The second-order valence-corrected chi connectivity index (χ2v) is 9.99. The molecular weight excluding hydrogens is 402 g/mol. The molecule has 0 spiro atoms. The number of rotatable bonds is 5. The Bertz CT molecular complexity index is 1020. The van der Waals surface area contributed by atoms with Crippen molar-refractivity contribution in [3.05, 3.63) is 52.0 Å². The Morgan fingerprint density at radius 3 is 2.53 bits per heavy atom. The molecule has 4 rings (SSSR count). The molecule has 3 unspecified atom stereocenters.